The zero-order valence-corrected chi connectivity index (χ0v) is 18.6. The van der Waals surface area contributed by atoms with Gasteiger partial charge in [-0.2, -0.15) is 0 Å². The van der Waals surface area contributed by atoms with Crippen molar-refractivity contribution in [2.24, 2.45) is 0 Å². The number of carbonyl (C=O) groups excluding carboxylic acids is 1. The van der Waals surface area contributed by atoms with Gasteiger partial charge in [0.05, 0.1) is 22.5 Å². The third kappa shape index (κ3) is 3.93. The van der Waals surface area contributed by atoms with Crippen molar-refractivity contribution in [1.29, 1.82) is 0 Å². The lowest BCUT2D eigenvalue weighted by Crippen LogP contribution is -2.54. The number of benzene rings is 1. The molecule has 3 aromatic heterocycles. The van der Waals surface area contributed by atoms with Gasteiger partial charge in [-0.15, -0.1) is 0 Å². The Balaban J connectivity index is 1.53. The molecule has 1 amide bonds. The largest absolute Gasteiger partial charge is 0.368 e. The van der Waals surface area contributed by atoms with E-state index in [9.17, 15) is 9.18 Å². The van der Waals surface area contributed by atoms with Crippen molar-refractivity contribution in [2.45, 2.75) is 32.9 Å². The van der Waals surface area contributed by atoms with Crippen LogP contribution >= 0.6 is 0 Å². The van der Waals surface area contributed by atoms with Crippen LogP contribution in [0.25, 0.3) is 16.6 Å². The third-order valence-electron chi connectivity index (χ3n) is 5.77. The monoisotopic (exact) mass is 448 g/mol. The van der Waals surface area contributed by atoms with Crippen LogP contribution in [0.3, 0.4) is 0 Å². The molecular weight excluding hydrogens is 423 g/mol. The van der Waals surface area contributed by atoms with Gasteiger partial charge in [0.1, 0.15) is 0 Å². The summed E-state index contributed by atoms with van der Waals surface area (Å²) in [5.74, 6) is -0.853. The van der Waals surface area contributed by atoms with Gasteiger partial charge in [0.25, 0.3) is 5.91 Å². The van der Waals surface area contributed by atoms with Gasteiger partial charge < -0.3 is 25.7 Å². The van der Waals surface area contributed by atoms with Gasteiger partial charge in [-0.1, -0.05) is 0 Å². The second-order valence-electron chi connectivity index (χ2n) is 8.64. The van der Waals surface area contributed by atoms with E-state index in [1.807, 2.05) is 6.07 Å². The number of nitrogens with one attached hydrogen (secondary N) is 2. The van der Waals surface area contributed by atoms with Crippen LogP contribution < -0.4 is 21.3 Å². The molecule has 4 N–H and O–H groups in total. The van der Waals surface area contributed by atoms with Gasteiger partial charge in [-0.05, 0) is 32.9 Å². The SMILES string of the molecule is Cc1cn2cc(NC(=O)c3ccc(N4CC(C)NC(C)C4)c4cnc(N)nc34)cc(F)c2n1. The van der Waals surface area contributed by atoms with E-state index in [1.165, 1.54) is 6.07 Å². The lowest BCUT2D eigenvalue weighted by atomic mass is 10.0. The van der Waals surface area contributed by atoms with E-state index >= 15 is 0 Å². The molecule has 0 radical (unpaired) electrons. The normalized spacial score (nSPS) is 18.7. The van der Waals surface area contributed by atoms with Crippen molar-refractivity contribution in [3.63, 3.8) is 0 Å². The van der Waals surface area contributed by atoms with Crippen LogP contribution in [0.15, 0.2) is 36.8 Å². The number of hydrogen-bond acceptors (Lipinski definition) is 7. The van der Waals surface area contributed by atoms with Gasteiger partial charge >= 0.3 is 0 Å². The maximum absolute atomic E-state index is 14.5. The third-order valence-corrected chi connectivity index (χ3v) is 5.77. The highest BCUT2D eigenvalue weighted by molar-refractivity contribution is 6.14. The minimum atomic E-state index is -0.519. The van der Waals surface area contributed by atoms with Crippen molar-refractivity contribution < 1.29 is 9.18 Å². The number of carbonyl (C=O) groups is 1. The minimum Gasteiger partial charge on any atom is -0.368 e. The van der Waals surface area contributed by atoms with Crippen LogP contribution in [0, 0.1) is 12.7 Å². The summed E-state index contributed by atoms with van der Waals surface area (Å²) in [5, 5.41) is 7.03. The topological polar surface area (TPSA) is 113 Å². The van der Waals surface area contributed by atoms with E-state index in [0.717, 1.165) is 24.2 Å². The summed E-state index contributed by atoms with van der Waals surface area (Å²) in [6.07, 6.45) is 4.97. The van der Waals surface area contributed by atoms with Crippen LogP contribution in [-0.4, -0.2) is 50.4 Å². The molecule has 5 rings (SSSR count). The first-order valence-electron chi connectivity index (χ1n) is 10.8. The predicted molar refractivity (Wildman–Crippen MR) is 126 cm³/mol. The van der Waals surface area contributed by atoms with Crippen molar-refractivity contribution >= 4 is 39.8 Å². The number of aromatic nitrogens is 4. The lowest BCUT2D eigenvalue weighted by molar-refractivity contribution is 0.102. The molecule has 10 heteroatoms. The molecule has 9 nitrogen and oxygen atoms in total. The Hall–Kier alpha value is -3.79. The summed E-state index contributed by atoms with van der Waals surface area (Å²) in [5.41, 5.74) is 8.81. The van der Waals surface area contributed by atoms with Gasteiger partial charge in [-0.3, -0.25) is 4.79 Å². The van der Waals surface area contributed by atoms with Crippen LogP contribution in [0.2, 0.25) is 0 Å². The Labute approximate surface area is 189 Å². The molecule has 0 bridgehead atoms. The molecule has 1 aliphatic heterocycles. The summed E-state index contributed by atoms with van der Waals surface area (Å²) >= 11 is 0. The number of anilines is 3. The number of amides is 1. The van der Waals surface area contributed by atoms with E-state index < -0.39 is 11.7 Å². The zero-order chi connectivity index (χ0) is 23.3. The number of imidazole rings is 1. The Kier molecular flexibility index (Phi) is 5.09. The van der Waals surface area contributed by atoms with Crippen LogP contribution in [-0.2, 0) is 0 Å². The lowest BCUT2D eigenvalue weighted by Gasteiger charge is -2.38. The fourth-order valence-electron chi connectivity index (χ4n) is 4.55. The summed E-state index contributed by atoms with van der Waals surface area (Å²) in [6, 6.07) is 5.52. The second-order valence-corrected chi connectivity index (χ2v) is 8.64. The van der Waals surface area contributed by atoms with Crippen molar-refractivity contribution in [1.82, 2.24) is 24.7 Å². The smallest absolute Gasteiger partial charge is 0.257 e. The molecule has 4 aromatic rings. The number of nitrogens with two attached hydrogens (primary N) is 1. The Bertz CT molecular complexity index is 1370. The minimum absolute atomic E-state index is 0.0806. The van der Waals surface area contributed by atoms with Crippen LogP contribution in [0.4, 0.5) is 21.7 Å². The molecule has 2 unspecified atom stereocenters. The standard InChI is InChI=1S/C23H25FN8O/c1-12-8-31(9-13(2)27-12)19-5-4-16(20-17(19)7-26-23(25)30-20)22(33)29-15-6-18(24)21-28-14(3)10-32(21)11-15/h4-7,10-13,27H,8-9H2,1-3H3,(H,29,33)(H2,25,26,30). The summed E-state index contributed by atoms with van der Waals surface area (Å²) in [4.78, 5) is 28.1. The highest BCUT2D eigenvalue weighted by Crippen LogP contribution is 2.30. The van der Waals surface area contributed by atoms with E-state index in [1.54, 1.807) is 36.0 Å². The van der Waals surface area contributed by atoms with Crippen LogP contribution in [0.1, 0.15) is 29.9 Å². The van der Waals surface area contributed by atoms with Gasteiger partial charge in [0.2, 0.25) is 5.95 Å². The van der Waals surface area contributed by atoms with Gasteiger partial charge in [-0.25, -0.2) is 19.3 Å². The summed E-state index contributed by atoms with van der Waals surface area (Å²) in [6.45, 7) is 7.69. The Morgan fingerprint density at radius 1 is 1.21 bits per heavy atom. The maximum Gasteiger partial charge on any atom is 0.257 e. The molecule has 1 aromatic carbocycles. The fourth-order valence-corrected chi connectivity index (χ4v) is 4.55. The molecule has 2 atom stereocenters. The number of piperazine rings is 1. The van der Waals surface area contributed by atoms with E-state index in [-0.39, 0.29) is 11.6 Å². The number of pyridine rings is 1. The highest BCUT2D eigenvalue weighted by Gasteiger charge is 2.24. The van der Waals surface area contributed by atoms with E-state index in [2.05, 4.69) is 44.3 Å². The molecule has 170 valence electrons. The van der Waals surface area contributed by atoms with Gasteiger partial charge in [0.15, 0.2) is 11.5 Å². The number of aryl methyl sites for hydroxylation is 1. The average Bonchev–Trinajstić information content (AvgIpc) is 3.12. The van der Waals surface area contributed by atoms with Crippen molar-refractivity contribution in [3.8, 4) is 0 Å². The highest BCUT2D eigenvalue weighted by atomic mass is 19.1. The number of hydrogen-bond donors (Lipinski definition) is 3. The first-order chi connectivity index (χ1) is 15.8. The number of nitrogen functional groups attached to an aromatic ring is 1. The fraction of sp³-hybridized carbons (Fsp3) is 0.304. The van der Waals surface area contributed by atoms with E-state index in [0.29, 0.717) is 34.5 Å². The molecule has 0 spiro atoms. The number of halogens is 1. The van der Waals surface area contributed by atoms with Crippen molar-refractivity contribution in [3.05, 3.63) is 53.9 Å². The molecule has 33 heavy (non-hydrogen) atoms. The number of nitrogens with zero attached hydrogens (tertiary/aromatic N) is 5. The van der Waals surface area contributed by atoms with Crippen LogP contribution in [0.5, 0.6) is 0 Å². The quantitative estimate of drug-likeness (QED) is 0.442. The molecule has 0 saturated carbocycles. The molecular formula is C23H25FN8O. The Morgan fingerprint density at radius 3 is 2.73 bits per heavy atom. The average molecular weight is 449 g/mol. The van der Waals surface area contributed by atoms with Crippen molar-refractivity contribution in [2.75, 3.05) is 29.0 Å². The van der Waals surface area contributed by atoms with Gasteiger partial charge in [0, 0.05) is 60.9 Å². The molecule has 1 aliphatic rings. The molecule has 1 fully saturated rings. The number of rotatable bonds is 3. The molecule has 0 aliphatic carbocycles. The van der Waals surface area contributed by atoms with E-state index in [4.69, 9.17) is 5.73 Å². The first-order valence-corrected chi connectivity index (χ1v) is 10.8. The zero-order valence-electron chi connectivity index (χ0n) is 18.6. The summed E-state index contributed by atoms with van der Waals surface area (Å²) < 4.78 is 16.0. The molecule has 1 saturated heterocycles. The summed E-state index contributed by atoms with van der Waals surface area (Å²) in [7, 11) is 0. The second kappa shape index (κ2) is 7.96. The maximum atomic E-state index is 14.5. The molecule has 4 heterocycles. The first kappa shape index (κ1) is 21.1. The number of fused-ring (bicyclic) bond motifs is 2. The Morgan fingerprint density at radius 2 is 1.97 bits per heavy atom. The predicted octanol–water partition coefficient (Wildman–Crippen LogP) is 2.75.